The van der Waals surface area contributed by atoms with E-state index in [0.717, 1.165) is 44.9 Å². The van der Waals surface area contributed by atoms with Gasteiger partial charge in [-0.25, -0.2) is 4.79 Å². The second kappa shape index (κ2) is 20.8. The number of hydrogen-bond acceptors (Lipinski definition) is 5. The Balaban J connectivity index is 3.44. The molecule has 0 saturated carbocycles. The van der Waals surface area contributed by atoms with Crippen LogP contribution in [0.5, 0.6) is 0 Å². The minimum absolute atomic E-state index is 0.249. The van der Waals surface area contributed by atoms with Gasteiger partial charge in [0.05, 0.1) is 6.04 Å². The van der Waals surface area contributed by atoms with E-state index in [1.165, 1.54) is 12.8 Å². The zero-order chi connectivity index (χ0) is 20.7. The largest absolute Gasteiger partial charge is 0.370 e. The molecule has 0 aliphatic rings. The first-order valence-electron chi connectivity index (χ1n) is 10.3. The molecule has 0 unspecified atom stereocenters. The molecule has 0 rings (SSSR count). The molecule has 0 atom stereocenters. The van der Waals surface area contributed by atoms with Gasteiger partial charge in [-0.15, -0.1) is 0 Å². The fourth-order valence-corrected chi connectivity index (χ4v) is 2.20. The van der Waals surface area contributed by atoms with Crippen molar-refractivity contribution in [2.24, 2.45) is 0 Å². The van der Waals surface area contributed by atoms with Crippen molar-refractivity contribution in [3.05, 3.63) is 36.5 Å². The van der Waals surface area contributed by atoms with E-state index in [4.69, 9.17) is 4.74 Å². The van der Waals surface area contributed by atoms with Crippen LogP contribution in [0.25, 0.3) is 0 Å². The van der Waals surface area contributed by atoms with Crippen LogP contribution in [-0.4, -0.2) is 11.9 Å². The van der Waals surface area contributed by atoms with Gasteiger partial charge in [0.2, 0.25) is 0 Å². The van der Waals surface area contributed by atoms with E-state index in [1.807, 2.05) is 0 Å². The van der Waals surface area contributed by atoms with Crippen LogP contribution in [0, 0.1) is 12.2 Å². The molecule has 28 heavy (non-hydrogen) atoms. The number of ether oxygens (including phenoxy) is 1. The molecule has 5 heteroatoms. The van der Waals surface area contributed by atoms with Crippen LogP contribution in [0.3, 0.4) is 0 Å². The first-order valence-corrected chi connectivity index (χ1v) is 10.3. The predicted molar refractivity (Wildman–Crippen MR) is 113 cm³/mol. The first kappa shape index (κ1) is 25.5. The van der Waals surface area contributed by atoms with E-state index in [0.29, 0.717) is 6.42 Å². The zero-order valence-electron chi connectivity index (χ0n) is 17.4. The van der Waals surface area contributed by atoms with Gasteiger partial charge >= 0.3 is 11.9 Å². The fraction of sp³-hybridized carbons (Fsp3) is 0.565. The van der Waals surface area contributed by atoms with E-state index >= 15 is 0 Å². The monoisotopic (exact) mass is 389 g/mol. The lowest BCUT2D eigenvalue weighted by molar-refractivity contribution is -0.147. The highest BCUT2D eigenvalue weighted by molar-refractivity contribution is 5.70. The van der Waals surface area contributed by atoms with Gasteiger partial charge in [-0.2, -0.15) is 5.48 Å². The standard InChI is InChI=1S/C23H35NO4/c1-3-5-6-7-8-9-10-11-12-13-14-15-16-17-18-19-23(26)27-21-20-24-28-22(25)4-2/h5-6,8-9,11-12,24H,3-4,7,10,13-19H2,1-2H3/b6-5-,9-8-,12-11-. The minimum Gasteiger partial charge on any atom is -0.370 e. The van der Waals surface area contributed by atoms with Crippen LogP contribution in [0.4, 0.5) is 0 Å². The molecule has 0 radical (unpaired) electrons. The van der Waals surface area contributed by atoms with Crippen LogP contribution in [-0.2, 0) is 19.2 Å². The number of hydrogen-bond donors (Lipinski definition) is 1. The van der Waals surface area contributed by atoms with Gasteiger partial charge in [0.1, 0.15) is 6.11 Å². The van der Waals surface area contributed by atoms with Crippen molar-refractivity contribution in [2.45, 2.75) is 84.5 Å². The summed E-state index contributed by atoms with van der Waals surface area (Å²) < 4.78 is 4.70. The van der Waals surface area contributed by atoms with Crippen molar-refractivity contribution in [1.29, 1.82) is 0 Å². The molecule has 0 aromatic heterocycles. The van der Waals surface area contributed by atoms with Crippen LogP contribution in [0.2, 0.25) is 0 Å². The van der Waals surface area contributed by atoms with Crippen LogP contribution in [0.1, 0.15) is 84.5 Å². The van der Waals surface area contributed by atoms with Crippen molar-refractivity contribution in [3.8, 4) is 12.2 Å². The summed E-state index contributed by atoms with van der Waals surface area (Å²) in [6.07, 6.45) is 25.5. The molecule has 0 aromatic carbocycles. The highest BCUT2D eigenvalue weighted by Crippen LogP contribution is 2.08. The van der Waals surface area contributed by atoms with E-state index in [2.05, 4.69) is 65.8 Å². The number of carbonyl (C=O) groups excluding carboxylic acids is 2. The number of nitrogens with one attached hydrogen (secondary N) is 1. The van der Waals surface area contributed by atoms with E-state index in [9.17, 15) is 9.59 Å². The van der Waals surface area contributed by atoms with Crippen molar-refractivity contribution in [2.75, 3.05) is 0 Å². The maximum Gasteiger partial charge on any atom is 0.332 e. The summed E-state index contributed by atoms with van der Waals surface area (Å²) in [4.78, 5) is 26.8. The van der Waals surface area contributed by atoms with Gasteiger partial charge in [-0.1, -0.05) is 69.6 Å². The lowest BCUT2D eigenvalue weighted by atomic mass is 10.1. The molecule has 0 amide bonds. The number of esters is 1. The van der Waals surface area contributed by atoms with E-state index in [-0.39, 0.29) is 12.4 Å². The van der Waals surface area contributed by atoms with Crippen LogP contribution < -0.4 is 5.48 Å². The normalized spacial score (nSPS) is 10.9. The van der Waals surface area contributed by atoms with Gasteiger partial charge in [0, 0.05) is 12.8 Å². The van der Waals surface area contributed by atoms with Crippen molar-refractivity contribution < 1.29 is 19.2 Å². The van der Waals surface area contributed by atoms with E-state index < -0.39 is 5.97 Å². The van der Waals surface area contributed by atoms with Gasteiger partial charge in [0.15, 0.2) is 0 Å². The summed E-state index contributed by atoms with van der Waals surface area (Å²) in [5, 5.41) is 0. The molecule has 0 aliphatic heterocycles. The Morgan fingerprint density at radius 1 is 0.821 bits per heavy atom. The zero-order valence-corrected chi connectivity index (χ0v) is 17.4. The molecule has 0 aliphatic carbocycles. The van der Waals surface area contributed by atoms with Gasteiger partial charge < -0.3 is 9.57 Å². The highest BCUT2D eigenvalue weighted by Gasteiger charge is 2.01. The first-order chi connectivity index (χ1) is 13.7. The quantitative estimate of drug-likeness (QED) is 0.100. The topological polar surface area (TPSA) is 64.6 Å². The molecule has 5 nitrogen and oxygen atoms in total. The maximum absolute atomic E-state index is 11.5. The number of carbonyl (C=O) groups is 2. The third-order valence-electron chi connectivity index (χ3n) is 3.75. The summed E-state index contributed by atoms with van der Waals surface area (Å²) in [5.41, 5.74) is 2.11. The Labute approximate surface area is 170 Å². The van der Waals surface area contributed by atoms with Crippen LogP contribution in [0.15, 0.2) is 36.5 Å². The van der Waals surface area contributed by atoms with Gasteiger partial charge in [-0.05, 0) is 38.5 Å². The second-order valence-electron chi connectivity index (χ2n) is 6.23. The summed E-state index contributed by atoms with van der Waals surface area (Å²) in [7, 11) is 0. The molecule has 156 valence electrons. The van der Waals surface area contributed by atoms with Crippen LogP contribution >= 0.6 is 0 Å². The second-order valence-corrected chi connectivity index (χ2v) is 6.23. The average Bonchev–Trinajstić information content (AvgIpc) is 2.70. The Hall–Kier alpha value is -2.48. The Kier molecular flexibility index (Phi) is 19.0. The molecule has 0 bridgehead atoms. The van der Waals surface area contributed by atoms with Gasteiger partial charge in [0.25, 0.3) is 0 Å². The maximum atomic E-state index is 11.5. The minimum atomic E-state index is -0.427. The fourth-order valence-electron chi connectivity index (χ4n) is 2.20. The molecular weight excluding hydrogens is 354 g/mol. The lowest BCUT2D eigenvalue weighted by Gasteiger charge is -1.99. The highest BCUT2D eigenvalue weighted by atomic mass is 16.7. The third-order valence-corrected chi connectivity index (χ3v) is 3.75. The number of hydroxylamine groups is 1. The molecule has 0 aromatic rings. The molecule has 0 saturated heterocycles. The molecular formula is C23H35NO4. The van der Waals surface area contributed by atoms with Crippen molar-refractivity contribution in [1.82, 2.24) is 5.48 Å². The molecule has 0 fully saturated rings. The summed E-state index contributed by atoms with van der Waals surface area (Å²) in [5.74, 6) is -0.791. The Morgan fingerprint density at radius 2 is 1.46 bits per heavy atom. The predicted octanol–water partition coefficient (Wildman–Crippen LogP) is 5.50. The third kappa shape index (κ3) is 19.8. The average molecular weight is 390 g/mol. The van der Waals surface area contributed by atoms with Crippen molar-refractivity contribution in [3.63, 3.8) is 0 Å². The Morgan fingerprint density at radius 3 is 2.18 bits per heavy atom. The van der Waals surface area contributed by atoms with Crippen molar-refractivity contribution >= 4 is 11.9 Å². The summed E-state index contributed by atoms with van der Waals surface area (Å²) >= 11 is 0. The number of unbranched alkanes of at least 4 members (excludes halogenated alkanes) is 5. The van der Waals surface area contributed by atoms with Gasteiger partial charge in [-0.3, -0.25) is 4.79 Å². The summed E-state index contributed by atoms with van der Waals surface area (Å²) in [6, 6.07) is 2.24. The Bertz CT molecular complexity index is 553. The SMILES string of the molecule is CC/C=C\C/C=C\C/C=C\CCCCCCCC(=O)OC#CNOC(=O)CC. The lowest BCUT2D eigenvalue weighted by Crippen LogP contribution is -2.13. The van der Waals surface area contributed by atoms with E-state index in [1.54, 1.807) is 6.92 Å². The molecule has 0 spiro atoms. The number of rotatable bonds is 15. The smallest absolute Gasteiger partial charge is 0.332 e. The molecule has 1 N–H and O–H groups in total. The summed E-state index contributed by atoms with van der Waals surface area (Å²) in [6.45, 7) is 3.81. The number of allylic oxidation sites excluding steroid dienone is 6. The molecule has 0 heterocycles.